The van der Waals surface area contributed by atoms with Crippen molar-refractivity contribution in [1.29, 1.82) is 0 Å². The highest BCUT2D eigenvalue weighted by Gasteiger charge is 2.24. The third-order valence-electron chi connectivity index (χ3n) is 5.40. The molecule has 0 heterocycles. The van der Waals surface area contributed by atoms with Gasteiger partial charge in [-0.2, -0.15) is 0 Å². The SMILES string of the molecule is COc1ccc(C(C)(C)CNC(=O)c2ccc(OC)c(-c3ccccc3)c2)cc1OC. The zero-order valence-corrected chi connectivity index (χ0v) is 18.7. The van der Waals surface area contributed by atoms with Crippen molar-refractivity contribution in [2.45, 2.75) is 19.3 Å². The second-order valence-electron chi connectivity index (χ2n) is 7.92. The number of carbonyl (C=O) groups is 1. The number of amides is 1. The Kier molecular flexibility index (Phi) is 6.85. The molecule has 3 aromatic carbocycles. The number of hydrogen-bond donors (Lipinski definition) is 1. The van der Waals surface area contributed by atoms with E-state index in [1.165, 1.54) is 0 Å². The molecule has 0 aromatic heterocycles. The average Bonchev–Trinajstić information content (AvgIpc) is 2.82. The van der Waals surface area contributed by atoms with Gasteiger partial charge in [-0.3, -0.25) is 4.79 Å². The molecule has 0 bridgehead atoms. The Morgan fingerprint density at radius 1 is 0.806 bits per heavy atom. The van der Waals surface area contributed by atoms with E-state index in [-0.39, 0.29) is 11.3 Å². The first-order chi connectivity index (χ1) is 14.9. The lowest BCUT2D eigenvalue weighted by atomic mass is 9.84. The van der Waals surface area contributed by atoms with Gasteiger partial charge < -0.3 is 19.5 Å². The lowest BCUT2D eigenvalue weighted by Gasteiger charge is -2.26. The topological polar surface area (TPSA) is 56.8 Å². The molecule has 0 spiro atoms. The standard InChI is InChI=1S/C26H29NO4/c1-26(2,20-12-14-23(30-4)24(16-20)31-5)17-27-25(28)19-11-13-22(29-3)21(15-19)18-9-7-6-8-10-18/h6-16H,17H2,1-5H3,(H,27,28). The first kappa shape index (κ1) is 22.2. The van der Waals surface area contributed by atoms with Crippen LogP contribution >= 0.6 is 0 Å². The Morgan fingerprint density at radius 2 is 1.45 bits per heavy atom. The molecule has 0 fully saturated rings. The van der Waals surface area contributed by atoms with Crippen LogP contribution in [-0.4, -0.2) is 33.8 Å². The van der Waals surface area contributed by atoms with Crippen molar-refractivity contribution < 1.29 is 19.0 Å². The zero-order chi connectivity index (χ0) is 22.4. The third kappa shape index (κ3) is 5.00. The van der Waals surface area contributed by atoms with E-state index >= 15 is 0 Å². The summed E-state index contributed by atoms with van der Waals surface area (Å²) in [5.41, 5.74) is 3.21. The number of carbonyl (C=O) groups excluding carboxylic acids is 1. The van der Waals surface area contributed by atoms with Crippen LogP contribution in [0.2, 0.25) is 0 Å². The quantitative estimate of drug-likeness (QED) is 0.553. The molecule has 5 heteroatoms. The second-order valence-corrected chi connectivity index (χ2v) is 7.92. The maximum atomic E-state index is 12.9. The van der Waals surface area contributed by atoms with Crippen molar-refractivity contribution in [3.8, 4) is 28.4 Å². The number of ether oxygens (including phenoxy) is 3. The number of methoxy groups -OCH3 is 3. The molecule has 1 N–H and O–H groups in total. The van der Waals surface area contributed by atoms with E-state index in [0.717, 1.165) is 22.4 Å². The van der Waals surface area contributed by atoms with E-state index in [4.69, 9.17) is 14.2 Å². The highest BCUT2D eigenvalue weighted by Crippen LogP contribution is 2.33. The van der Waals surface area contributed by atoms with Gasteiger partial charge in [0.1, 0.15) is 5.75 Å². The summed E-state index contributed by atoms with van der Waals surface area (Å²) in [6.45, 7) is 4.63. The lowest BCUT2D eigenvalue weighted by Crippen LogP contribution is -2.36. The highest BCUT2D eigenvalue weighted by atomic mass is 16.5. The summed E-state index contributed by atoms with van der Waals surface area (Å²) >= 11 is 0. The Labute approximate surface area is 184 Å². The van der Waals surface area contributed by atoms with E-state index in [9.17, 15) is 4.79 Å². The molecule has 31 heavy (non-hydrogen) atoms. The molecule has 3 rings (SSSR count). The van der Waals surface area contributed by atoms with Crippen LogP contribution in [-0.2, 0) is 5.41 Å². The van der Waals surface area contributed by atoms with E-state index in [1.807, 2.05) is 60.7 Å². The van der Waals surface area contributed by atoms with Crippen LogP contribution in [0.1, 0.15) is 29.8 Å². The summed E-state index contributed by atoms with van der Waals surface area (Å²) in [6, 6.07) is 21.2. The molecule has 0 unspecified atom stereocenters. The van der Waals surface area contributed by atoms with Gasteiger partial charge >= 0.3 is 0 Å². The van der Waals surface area contributed by atoms with E-state index in [2.05, 4.69) is 19.2 Å². The minimum absolute atomic E-state index is 0.131. The summed E-state index contributed by atoms with van der Waals surface area (Å²) in [6.07, 6.45) is 0. The molecule has 5 nitrogen and oxygen atoms in total. The zero-order valence-electron chi connectivity index (χ0n) is 18.7. The van der Waals surface area contributed by atoms with Crippen molar-refractivity contribution >= 4 is 5.91 Å². The van der Waals surface area contributed by atoms with Crippen molar-refractivity contribution in [3.05, 3.63) is 77.9 Å². The largest absolute Gasteiger partial charge is 0.496 e. The molecule has 0 aliphatic heterocycles. The summed E-state index contributed by atoms with van der Waals surface area (Å²) in [5, 5.41) is 3.07. The molecule has 0 saturated heterocycles. The monoisotopic (exact) mass is 419 g/mol. The molecule has 0 aliphatic carbocycles. The Hall–Kier alpha value is -3.47. The Morgan fingerprint density at radius 3 is 2.10 bits per heavy atom. The van der Waals surface area contributed by atoms with Crippen LogP contribution in [0.5, 0.6) is 17.2 Å². The van der Waals surface area contributed by atoms with Gasteiger partial charge in [0.15, 0.2) is 11.5 Å². The fraction of sp³-hybridized carbons (Fsp3) is 0.269. The molecule has 0 atom stereocenters. The van der Waals surface area contributed by atoms with Crippen molar-refractivity contribution in [2.75, 3.05) is 27.9 Å². The molecule has 1 amide bonds. The molecular weight excluding hydrogens is 390 g/mol. The predicted octanol–water partition coefficient (Wildman–Crippen LogP) is 5.09. The summed E-state index contributed by atoms with van der Waals surface area (Å²) in [4.78, 5) is 12.9. The van der Waals surface area contributed by atoms with Gasteiger partial charge in [-0.05, 0) is 41.5 Å². The summed E-state index contributed by atoms with van der Waals surface area (Å²) in [7, 11) is 4.86. The fourth-order valence-electron chi connectivity index (χ4n) is 3.46. The van der Waals surface area contributed by atoms with Crippen molar-refractivity contribution in [1.82, 2.24) is 5.32 Å². The van der Waals surface area contributed by atoms with Gasteiger partial charge in [-0.1, -0.05) is 50.2 Å². The molecular formula is C26H29NO4. The number of rotatable bonds is 8. The predicted molar refractivity (Wildman–Crippen MR) is 123 cm³/mol. The smallest absolute Gasteiger partial charge is 0.251 e. The molecule has 0 saturated carbocycles. The number of benzene rings is 3. The normalized spacial score (nSPS) is 11.0. The minimum Gasteiger partial charge on any atom is -0.496 e. The van der Waals surface area contributed by atoms with Crippen LogP contribution in [0.4, 0.5) is 0 Å². The van der Waals surface area contributed by atoms with Gasteiger partial charge in [0, 0.05) is 23.1 Å². The maximum absolute atomic E-state index is 12.9. The molecule has 0 radical (unpaired) electrons. The van der Waals surface area contributed by atoms with Gasteiger partial charge in [0.05, 0.1) is 21.3 Å². The third-order valence-corrected chi connectivity index (χ3v) is 5.40. The lowest BCUT2D eigenvalue weighted by molar-refractivity contribution is 0.0945. The van der Waals surface area contributed by atoms with Crippen LogP contribution in [0, 0.1) is 0 Å². The summed E-state index contributed by atoms with van der Waals surface area (Å²) in [5.74, 6) is 1.95. The maximum Gasteiger partial charge on any atom is 0.251 e. The van der Waals surface area contributed by atoms with Crippen molar-refractivity contribution in [2.24, 2.45) is 0 Å². The van der Waals surface area contributed by atoms with E-state index in [0.29, 0.717) is 23.6 Å². The number of hydrogen-bond acceptors (Lipinski definition) is 4. The Balaban J connectivity index is 1.79. The van der Waals surface area contributed by atoms with Gasteiger partial charge in [0.2, 0.25) is 0 Å². The number of nitrogens with one attached hydrogen (secondary N) is 1. The van der Waals surface area contributed by atoms with Gasteiger partial charge in [-0.15, -0.1) is 0 Å². The first-order valence-corrected chi connectivity index (χ1v) is 10.1. The van der Waals surface area contributed by atoms with E-state index < -0.39 is 0 Å². The van der Waals surface area contributed by atoms with Crippen LogP contribution < -0.4 is 19.5 Å². The van der Waals surface area contributed by atoms with Crippen LogP contribution in [0.15, 0.2) is 66.7 Å². The minimum atomic E-state index is -0.302. The Bertz CT molecular complexity index is 1040. The molecule has 0 aliphatic rings. The van der Waals surface area contributed by atoms with Crippen LogP contribution in [0.25, 0.3) is 11.1 Å². The fourth-order valence-corrected chi connectivity index (χ4v) is 3.46. The second kappa shape index (κ2) is 9.56. The van der Waals surface area contributed by atoms with Crippen molar-refractivity contribution in [3.63, 3.8) is 0 Å². The molecule has 162 valence electrons. The highest BCUT2D eigenvalue weighted by molar-refractivity contribution is 5.96. The first-order valence-electron chi connectivity index (χ1n) is 10.1. The van der Waals surface area contributed by atoms with Gasteiger partial charge in [0.25, 0.3) is 5.91 Å². The molecule has 3 aromatic rings. The van der Waals surface area contributed by atoms with Gasteiger partial charge in [-0.25, -0.2) is 0 Å². The average molecular weight is 420 g/mol. The van der Waals surface area contributed by atoms with Crippen LogP contribution in [0.3, 0.4) is 0 Å². The summed E-state index contributed by atoms with van der Waals surface area (Å²) < 4.78 is 16.2. The van der Waals surface area contributed by atoms with E-state index in [1.54, 1.807) is 27.4 Å².